The molecule has 0 atom stereocenters. The van der Waals surface area contributed by atoms with Crippen LogP contribution in [-0.2, 0) is 0 Å². The van der Waals surface area contributed by atoms with E-state index >= 15 is 0 Å². The van der Waals surface area contributed by atoms with Crippen LogP contribution in [0.25, 0.3) is 22.1 Å². The van der Waals surface area contributed by atoms with Gasteiger partial charge in [-0.2, -0.15) is 0 Å². The molecule has 1 aromatic heterocycles. The summed E-state index contributed by atoms with van der Waals surface area (Å²) in [5.74, 6) is 2.83. The zero-order chi connectivity index (χ0) is 33.4. The van der Waals surface area contributed by atoms with E-state index in [4.69, 9.17) is 20.7 Å². The Morgan fingerprint density at radius 3 is 2.00 bits per heavy atom. The summed E-state index contributed by atoms with van der Waals surface area (Å²) in [5, 5.41) is 0.522. The van der Waals surface area contributed by atoms with Gasteiger partial charge in [0.15, 0.2) is 0 Å². The number of furan rings is 1. The van der Waals surface area contributed by atoms with Crippen LogP contribution in [0.1, 0.15) is 12.4 Å². The molecule has 0 N–H and O–H groups in total. The molecule has 0 unspecified atom stereocenters. The van der Waals surface area contributed by atoms with E-state index in [2.05, 4.69) is 12.1 Å². The van der Waals surface area contributed by atoms with Crippen LogP contribution in [0.15, 0.2) is 144 Å². The van der Waals surface area contributed by atoms with Gasteiger partial charge in [0.2, 0.25) is 0 Å². The Hall–Kier alpha value is -5.68. The first-order chi connectivity index (χ1) is 23.8. The highest BCUT2D eigenvalue weighted by Crippen LogP contribution is 2.47. The van der Waals surface area contributed by atoms with Gasteiger partial charge in [0.25, 0.3) is 6.71 Å². The second-order valence-corrected chi connectivity index (χ2v) is 11.0. The minimum absolute atomic E-state index is 0.00990. The van der Waals surface area contributed by atoms with Gasteiger partial charge in [-0.25, -0.2) is 0 Å². The van der Waals surface area contributed by atoms with Crippen molar-refractivity contribution < 1.29 is 20.7 Å². The predicted octanol–water partition coefficient (Wildman–Crippen LogP) is 8.61. The zero-order valence-corrected chi connectivity index (χ0v) is 23.4. The number of ether oxygens (including phenoxy) is 2. The normalized spacial score (nSPS) is 14.5. The molecule has 3 heterocycles. The van der Waals surface area contributed by atoms with Crippen molar-refractivity contribution in [3.05, 3.63) is 145 Å². The van der Waals surface area contributed by atoms with Crippen molar-refractivity contribution in [1.29, 1.82) is 0 Å². The summed E-state index contributed by atoms with van der Waals surface area (Å²) >= 11 is 0. The molecule has 5 heteroatoms. The molecule has 0 saturated carbocycles. The Labute approximate surface area is 262 Å². The van der Waals surface area contributed by atoms with Crippen LogP contribution in [0.2, 0.25) is 0 Å². The standard InChI is InChI=1S/C39H26BNO3/c1-25-15-18-28(19-16-25)41(32-20-17-27-21-22-42-39(27)37(32)26-9-3-2-4-10-26)29-23-35-38-36(24-29)44-34-14-8-6-12-31(34)40(38)30-11-5-7-13-33(30)43-35/h2-24H,1H3/i1D3,21D,22D. The molecule has 0 spiro atoms. The number of nitrogens with zero attached hydrogens (tertiary/aromatic N) is 1. The lowest BCUT2D eigenvalue weighted by molar-refractivity contribution is 0.465. The lowest BCUT2D eigenvalue weighted by Gasteiger charge is -2.35. The smallest absolute Gasteiger partial charge is 0.260 e. The summed E-state index contributed by atoms with van der Waals surface area (Å²) in [7, 11) is 0. The summed E-state index contributed by atoms with van der Waals surface area (Å²) in [6.45, 7) is -2.36. The molecule has 208 valence electrons. The van der Waals surface area contributed by atoms with E-state index in [1.807, 2.05) is 89.8 Å². The molecule has 0 amide bonds. The fraction of sp³-hybridized carbons (Fsp3) is 0.0256. The van der Waals surface area contributed by atoms with Crippen LogP contribution in [0.4, 0.5) is 17.1 Å². The average molecular weight is 572 g/mol. The number of hydrogen-bond donors (Lipinski definition) is 0. The molecule has 2 aliphatic heterocycles. The molecule has 7 aromatic rings. The highest BCUT2D eigenvalue weighted by molar-refractivity contribution is 6.98. The second kappa shape index (κ2) is 9.68. The van der Waals surface area contributed by atoms with Gasteiger partial charge in [0, 0.05) is 38.3 Å². The van der Waals surface area contributed by atoms with Crippen LogP contribution in [0.3, 0.4) is 0 Å². The Kier molecular flexibility index (Phi) is 4.46. The summed E-state index contributed by atoms with van der Waals surface area (Å²) < 4.78 is 60.0. The van der Waals surface area contributed by atoms with Crippen LogP contribution < -0.4 is 30.8 Å². The van der Waals surface area contributed by atoms with Crippen molar-refractivity contribution in [2.75, 3.05) is 4.90 Å². The number of rotatable bonds is 4. The summed E-state index contributed by atoms with van der Waals surface area (Å²) in [6, 6.07) is 40.3. The minimum atomic E-state index is -2.27. The van der Waals surface area contributed by atoms with E-state index in [9.17, 15) is 0 Å². The third kappa shape index (κ3) is 3.79. The molecule has 44 heavy (non-hydrogen) atoms. The van der Waals surface area contributed by atoms with E-state index in [1.54, 1.807) is 30.3 Å². The maximum absolute atomic E-state index is 8.54. The van der Waals surface area contributed by atoms with Gasteiger partial charge < -0.3 is 18.8 Å². The van der Waals surface area contributed by atoms with Crippen molar-refractivity contribution in [1.82, 2.24) is 0 Å². The fourth-order valence-corrected chi connectivity index (χ4v) is 6.53. The van der Waals surface area contributed by atoms with E-state index < -0.39 is 6.85 Å². The van der Waals surface area contributed by atoms with Gasteiger partial charge in [0.1, 0.15) is 30.0 Å². The summed E-state index contributed by atoms with van der Waals surface area (Å²) in [6.07, 6.45) is -0.221. The molecule has 4 nitrogen and oxygen atoms in total. The first kappa shape index (κ1) is 20.3. The first-order valence-electron chi connectivity index (χ1n) is 17.0. The molecule has 0 aliphatic carbocycles. The van der Waals surface area contributed by atoms with Crippen LogP contribution in [0.5, 0.6) is 23.0 Å². The topological polar surface area (TPSA) is 34.8 Å². The Morgan fingerprint density at radius 2 is 1.32 bits per heavy atom. The van der Waals surface area contributed by atoms with Crippen molar-refractivity contribution in [2.24, 2.45) is 0 Å². The lowest BCUT2D eigenvalue weighted by Crippen LogP contribution is -2.57. The van der Waals surface area contributed by atoms with Gasteiger partial charge in [0.05, 0.1) is 19.0 Å². The van der Waals surface area contributed by atoms with Crippen LogP contribution >= 0.6 is 0 Å². The lowest BCUT2D eigenvalue weighted by atomic mass is 9.35. The van der Waals surface area contributed by atoms with Crippen LogP contribution in [0, 0.1) is 6.85 Å². The zero-order valence-electron chi connectivity index (χ0n) is 28.4. The fourth-order valence-electron chi connectivity index (χ4n) is 6.53. The number of benzene rings is 6. The maximum atomic E-state index is 8.54. The molecule has 2 aliphatic rings. The van der Waals surface area contributed by atoms with Gasteiger partial charge >= 0.3 is 0 Å². The monoisotopic (exact) mass is 572 g/mol. The summed E-state index contributed by atoms with van der Waals surface area (Å²) in [4.78, 5) is 2.01. The van der Waals surface area contributed by atoms with Crippen molar-refractivity contribution in [3.8, 4) is 34.1 Å². The summed E-state index contributed by atoms with van der Waals surface area (Å²) in [5.41, 5.74) is 7.29. The molecule has 9 rings (SSSR count). The number of para-hydroxylation sites is 2. The molecular formula is C39H26BNO3. The van der Waals surface area contributed by atoms with Gasteiger partial charge in [-0.15, -0.1) is 0 Å². The Morgan fingerprint density at radius 1 is 0.659 bits per heavy atom. The molecule has 0 bridgehead atoms. The Bertz CT molecular complexity index is 2360. The molecule has 0 saturated heterocycles. The first-order valence-corrected chi connectivity index (χ1v) is 14.5. The average Bonchev–Trinajstić information content (AvgIpc) is 3.40. The number of hydrogen-bond acceptors (Lipinski definition) is 4. The van der Waals surface area contributed by atoms with Crippen molar-refractivity contribution >= 4 is 51.1 Å². The highest BCUT2D eigenvalue weighted by Gasteiger charge is 2.40. The number of fused-ring (bicyclic) bond motifs is 5. The number of anilines is 3. The van der Waals surface area contributed by atoms with Crippen LogP contribution in [-0.4, -0.2) is 6.71 Å². The van der Waals surface area contributed by atoms with Gasteiger partial charge in [-0.3, -0.25) is 0 Å². The van der Waals surface area contributed by atoms with Crippen molar-refractivity contribution in [3.63, 3.8) is 0 Å². The largest absolute Gasteiger partial charge is 0.464 e. The quantitative estimate of drug-likeness (QED) is 0.198. The number of aryl methyl sites for hydroxylation is 1. The predicted molar refractivity (Wildman–Crippen MR) is 179 cm³/mol. The van der Waals surface area contributed by atoms with Gasteiger partial charge in [-0.1, -0.05) is 84.4 Å². The van der Waals surface area contributed by atoms with E-state index in [-0.39, 0.29) is 24.6 Å². The van der Waals surface area contributed by atoms with E-state index in [0.717, 1.165) is 33.5 Å². The SMILES string of the molecule is [2H]c1oc2c(-c3ccccc3)c(N(c3ccc(C([2H])([2H])[2H])cc3)c3cc4c5c(c3)Oc3ccccc3B5c3ccccc3O4)ccc2c1[2H]. The third-order valence-electron chi connectivity index (χ3n) is 8.44. The third-order valence-corrected chi connectivity index (χ3v) is 8.44. The van der Waals surface area contributed by atoms with Gasteiger partial charge in [-0.05, 0) is 65.8 Å². The maximum Gasteiger partial charge on any atom is 0.260 e. The molecule has 6 aromatic carbocycles. The Balaban J connectivity index is 1.32. The molecule has 0 fully saturated rings. The molecule has 0 radical (unpaired) electrons. The second-order valence-electron chi connectivity index (χ2n) is 11.0. The minimum Gasteiger partial charge on any atom is -0.464 e. The molecular weight excluding hydrogens is 541 g/mol. The highest BCUT2D eigenvalue weighted by atomic mass is 16.5. The van der Waals surface area contributed by atoms with E-state index in [0.29, 0.717) is 45.1 Å². The van der Waals surface area contributed by atoms with Crippen molar-refractivity contribution in [2.45, 2.75) is 6.85 Å². The van der Waals surface area contributed by atoms with E-state index in [1.165, 1.54) is 0 Å².